The van der Waals surface area contributed by atoms with Crippen LogP contribution < -0.4 is 16.2 Å². The first kappa shape index (κ1) is 31.7. The minimum absolute atomic E-state index is 0.400. The van der Waals surface area contributed by atoms with Gasteiger partial charge in [0.05, 0.1) is 18.4 Å². The van der Waals surface area contributed by atoms with Crippen LogP contribution in [0.2, 0.25) is 0 Å². The summed E-state index contributed by atoms with van der Waals surface area (Å²) >= 11 is 0. The highest BCUT2D eigenvalue weighted by Crippen LogP contribution is 2.68. The van der Waals surface area contributed by atoms with E-state index in [0.717, 1.165) is 47.3 Å². The standard InChI is InChI=1S/C38H62N2O2/c1-25(2)26(3)9-10-27(4)32-14-15-33-31-13-11-28-23-30(17-19-37(28,5)34(31)18-20-38(32,33)6)41-21-7-8-22-42-36-16-12-29(39)24-35(36)40/h7-8,12,16,24-28,30-34H,9-11,13-15,17-23,39-40H2,1-6H3/t26-,27?,28?,30?,31?,32?,33?,34?,37+,38+/m0/s1. The molecule has 4 aliphatic carbocycles. The Labute approximate surface area is 257 Å². The molecule has 0 aromatic heterocycles. The van der Waals surface area contributed by atoms with E-state index >= 15 is 0 Å². The van der Waals surface area contributed by atoms with Crippen LogP contribution in [0.25, 0.3) is 0 Å². The number of hydrogen-bond acceptors (Lipinski definition) is 4. The molecule has 0 spiro atoms. The van der Waals surface area contributed by atoms with Crippen molar-refractivity contribution in [1.29, 1.82) is 0 Å². The zero-order chi connectivity index (χ0) is 30.1. The van der Waals surface area contributed by atoms with Gasteiger partial charge in [0.1, 0.15) is 12.4 Å². The number of hydrogen-bond donors (Lipinski definition) is 2. The molecule has 0 bridgehead atoms. The zero-order valence-corrected chi connectivity index (χ0v) is 27.7. The minimum atomic E-state index is 0.400. The highest BCUT2D eigenvalue weighted by molar-refractivity contribution is 5.60. The second-order valence-corrected chi connectivity index (χ2v) is 16.0. The molecular formula is C38H62N2O2. The van der Waals surface area contributed by atoms with Crippen LogP contribution in [0.5, 0.6) is 5.75 Å². The van der Waals surface area contributed by atoms with Crippen molar-refractivity contribution in [3.63, 3.8) is 0 Å². The van der Waals surface area contributed by atoms with Gasteiger partial charge in [-0.25, -0.2) is 0 Å². The first-order valence-corrected chi connectivity index (χ1v) is 17.6. The molecule has 4 aliphatic rings. The van der Waals surface area contributed by atoms with Gasteiger partial charge in [0.15, 0.2) is 0 Å². The normalized spacial score (nSPS) is 37.7. The first-order chi connectivity index (χ1) is 20.0. The lowest BCUT2D eigenvalue weighted by Crippen LogP contribution is -2.54. The summed E-state index contributed by atoms with van der Waals surface area (Å²) < 4.78 is 12.2. The number of fused-ring (bicyclic) bond motifs is 5. The van der Waals surface area contributed by atoms with Crippen molar-refractivity contribution in [3.05, 3.63) is 30.4 Å². The lowest BCUT2D eigenvalue weighted by molar-refractivity contribution is -0.135. The van der Waals surface area contributed by atoms with Crippen molar-refractivity contribution >= 4 is 11.4 Å². The monoisotopic (exact) mass is 578 g/mol. The Morgan fingerprint density at radius 2 is 1.60 bits per heavy atom. The van der Waals surface area contributed by atoms with Gasteiger partial charge in [-0.1, -0.05) is 60.5 Å². The van der Waals surface area contributed by atoms with Crippen molar-refractivity contribution in [2.45, 2.75) is 118 Å². The molecule has 1 aromatic carbocycles. The Morgan fingerprint density at radius 3 is 2.36 bits per heavy atom. The quantitative estimate of drug-likeness (QED) is 0.203. The number of anilines is 2. The van der Waals surface area contributed by atoms with E-state index in [-0.39, 0.29) is 0 Å². The average molecular weight is 579 g/mol. The van der Waals surface area contributed by atoms with E-state index in [0.29, 0.717) is 47.3 Å². The molecule has 4 heteroatoms. The van der Waals surface area contributed by atoms with Crippen LogP contribution in [0, 0.1) is 58.2 Å². The number of nitrogen functional groups attached to an aromatic ring is 2. The molecule has 236 valence electrons. The van der Waals surface area contributed by atoms with Crippen molar-refractivity contribution < 1.29 is 9.47 Å². The summed E-state index contributed by atoms with van der Waals surface area (Å²) in [7, 11) is 0. The van der Waals surface area contributed by atoms with Crippen LogP contribution in [0.1, 0.15) is 112 Å². The summed E-state index contributed by atoms with van der Waals surface area (Å²) in [6.07, 6.45) is 20.0. The molecule has 5 rings (SSSR count). The average Bonchev–Trinajstić information content (AvgIpc) is 3.31. The molecular weight excluding hydrogens is 516 g/mol. The van der Waals surface area contributed by atoms with E-state index in [4.69, 9.17) is 20.9 Å². The zero-order valence-electron chi connectivity index (χ0n) is 27.7. The third-order valence-corrected chi connectivity index (χ3v) is 13.6. The van der Waals surface area contributed by atoms with Crippen molar-refractivity contribution in [2.24, 2.45) is 58.2 Å². The topological polar surface area (TPSA) is 70.5 Å². The maximum absolute atomic E-state index is 6.40. The Bertz CT molecular complexity index is 1070. The minimum Gasteiger partial charge on any atom is -0.487 e. The van der Waals surface area contributed by atoms with E-state index in [1.165, 1.54) is 70.6 Å². The van der Waals surface area contributed by atoms with E-state index in [1.54, 1.807) is 6.07 Å². The predicted octanol–water partition coefficient (Wildman–Crippen LogP) is 9.54. The van der Waals surface area contributed by atoms with Crippen LogP contribution in [0.4, 0.5) is 11.4 Å². The van der Waals surface area contributed by atoms with Crippen molar-refractivity contribution in [3.8, 4) is 5.75 Å². The largest absolute Gasteiger partial charge is 0.487 e. The van der Waals surface area contributed by atoms with Gasteiger partial charge in [-0.15, -0.1) is 0 Å². The van der Waals surface area contributed by atoms with Crippen LogP contribution in [-0.4, -0.2) is 19.3 Å². The lowest BCUT2D eigenvalue weighted by atomic mass is 9.44. The molecule has 0 radical (unpaired) electrons. The molecule has 42 heavy (non-hydrogen) atoms. The Kier molecular flexibility index (Phi) is 9.92. The van der Waals surface area contributed by atoms with Gasteiger partial charge in [-0.2, -0.15) is 0 Å². The van der Waals surface area contributed by atoms with Crippen LogP contribution >= 0.6 is 0 Å². The molecule has 0 aliphatic heterocycles. The van der Waals surface area contributed by atoms with Gasteiger partial charge >= 0.3 is 0 Å². The number of nitrogens with two attached hydrogens (primary N) is 2. The van der Waals surface area contributed by atoms with Gasteiger partial charge in [0.2, 0.25) is 0 Å². The molecule has 0 heterocycles. The molecule has 4 saturated carbocycles. The number of benzene rings is 1. The predicted molar refractivity (Wildman–Crippen MR) is 177 cm³/mol. The smallest absolute Gasteiger partial charge is 0.142 e. The van der Waals surface area contributed by atoms with Gasteiger partial charge in [0.25, 0.3) is 0 Å². The van der Waals surface area contributed by atoms with Gasteiger partial charge in [-0.3, -0.25) is 0 Å². The molecule has 0 saturated heterocycles. The molecule has 4 nitrogen and oxygen atoms in total. The van der Waals surface area contributed by atoms with Crippen molar-refractivity contribution in [2.75, 3.05) is 24.7 Å². The first-order valence-electron chi connectivity index (χ1n) is 17.6. The Morgan fingerprint density at radius 1 is 0.857 bits per heavy atom. The van der Waals surface area contributed by atoms with Crippen LogP contribution in [0.15, 0.2) is 30.4 Å². The summed E-state index contributed by atoms with van der Waals surface area (Å²) in [5, 5.41) is 0. The lowest BCUT2D eigenvalue weighted by Gasteiger charge is -2.61. The third kappa shape index (κ3) is 6.40. The molecule has 7 unspecified atom stereocenters. The van der Waals surface area contributed by atoms with Gasteiger partial charge in [-0.05, 0) is 140 Å². The fourth-order valence-electron chi connectivity index (χ4n) is 10.6. The summed E-state index contributed by atoms with van der Waals surface area (Å²) in [4.78, 5) is 0. The number of rotatable bonds is 11. The maximum Gasteiger partial charge on any atom is 0.142 e. The Balaban J connectivity index is 1.10. The fourth-order valence-corrected chi connectivity index (χ4v) is 10.6. The highest BCUT2D eigenvalue weighted by atomic mass is 16.5. The second kappa shape index (κ2) is 13.1. The molecule has 1 aromatic rings. The van der Waals surface area contributed by atoms with Crippen LogP contribution in [0.3, 0.4) is 0 Å². The van der Waals surface area contributed by atoms with E-state index in [1.807, 2.05) is 18.2 Å². The SMILES string of the molecule is CC(CC[C@H](C)C(C)C)C1CCC2C3CCC4CC(OCC=CCOc5ccc(N)cc5N)CC[C@@]4(C)C3CC[C@]12C. The van der Waals surface area contributed by atoms with E-state index in [2.05, 4.69) is 47.6 Å². The fraction of sp³-hybridized carbons (Fsp3) is 0.789. The molecule has 4 fully saturated rings. The third-order valence-electron chi connectivity index (χ3n) is 13.6. The summed E-state index contributed by atoms with van der Waals surface area (Å²) in [5.41, 5.74) is 14.1. The van der Waals surface area contributed by atoms with E-state index in [9.17, 15) is 0 Å². The number of ether oxygens (including phenoxy) is 2. The Hall–Kier alpha value is -1.68. The van der Waals surface area contributed by atoms with E-state index < -0.39 is 0 Å². The van der Waals surface area contributed by atoms with Crippen molar-refractivity contribution in [1.82, 2.24) is 0 Å². The second-order valence-electron chi connectivity index (χ2n) is 16.0. The van der Waals surface area contributed by atoms with Crippen LogP contribution in [-0.2, 0) is 4.74 Å². The molecule has 10 atom stereocenters. The molecule has 4 N–H and O–H groups in total. The summed E-state index contributed by atoms with van der Waals surface area (Å²) in [6, 6.07) is 5.38. The van der Waals surface area contributed by atoms with Gasteiger partial charge < -0.3 is 20.9 Å². The van der Waals surface area contributed by atoms with Gasteiger partial charge in [0, 0.05) is 5.69 Å². The molecule has 0 amide bonds. The maximum atomic E-state index is 6.40. The summed E-state index contributed by atoms with van der Waals surface area (Å²) in [6.45, 7) is 16.4. The summed E-state index contributed by atoms with van der Waals surface area (Å²) in [5.74, 6) is 7.87. The highest BCUT2D eigenvalue weighted by Gasteiger charge is 2.60.